The Balaban J connectivity index is 2.20. The number of nitriles is 1. The minimum absolute atomic E-state index is 0.0510. The predicted molar refractivity (Wildman–Crippen MR) is 91.6 cm³/mol. The van der Waals surface area contributed by atoms with E-state index < -0.39 is 0 Å². The van der Waals surface area contributed by atoms with Crippen molar-refractivity contribution >= 4 is 28.6 Å². The third-order valence-electron chi connectivity index (χ3n) is 3.47. The van der Waals surface area contributed by atoms with Crippen LogP contribution in [0.1, 0.15) is 25.8 Å². The monoisotopic (exact) mass is 329 g/mol. The van der Waals surface area contributed by atoms with Gasteiger partial charge in [0.2, 0.25) is 5.91 Å². The summed E-state index contributed by atoms with van der Waals surface area (Å²) >= 11 is 1.28. The molecular formula is C17H19N3O2S. The van der Waals surface area contributed by atoms with Crippen molar-refractivity contribution in [3.8, 4) is 11.8 Å². The SMILES string of the molecule is CC[C@@H](C)NC(=O)CSc1nc2ccc(OC)cc2cc1C#N. The van der Waals surface area contributed by atoms with Crippen molar-refractivity contribution in [3.05, 3.63) is 29.8 Å². The van der Waals surface area contributed by atoms with E-state index in [0.717, 1.165) is 23.1 Å². The fourth-order valence-corrected chi connectivity index (χ4v) is 2.78. The number of pyridine rings is 1. The van der Waals surface area contributed by atoms with Crippen molar-refractivity contribution < 1.29 is 9.53 Å². The first-order valence-electron chi connectivity index (χ1n) is 7.38. The Hall–Kier alpha value is -2.26. The minimum atomic E-state index is -0.0510. The van der Waals surface area contributed by atoms with Crippen LogP contribution in [0.4, 0.5) is 0 Å². The summed E-state index contributed by atoms with van der Waals surface area (Å²) in [6, 6.07) is 9.58. The number of rotatable bonds is 6. The Bertz CT molecular complexity index is 755. The zero-order chi connectivity index (χ0) is 16.8. The highest BCUT2D eigenvalue weighted by Crippen LogP contribution is 2.26. The molecule has 2 rings (SSSR count). The quantitative estimate of drug-likeness (QED) is 0.824. The number of carbonyl (C=O) groups excluding carboxylic acids is 1. The molecule has 0 bridgehead atoms. The lowest BCUT2D eigenvalue weighted by molar-refractivity contribution is -0.119. The van der Waals surface area contributed by atoms with E-state index in [9.17, 15) is 10.1 Å². The van der Waals surface area contributed by atoms with Crippen molar-refractivity contribution in [1.29, 1.82) is 5.26 Å². The molecule has 0 aliphatic rings. The Labute approximate surface area is 140 Å². The van der Waals surface area contributed by atoms with Gasteiger partial charge in [0.05, 0.1) is 23.9 Å². The number of amides is 1. The van der Waals surface area contributed by atoms with Crippen LogP contribution < -0.4 is 10.1 Å². The van der Waals surface area contributed by atoms with Crippen LogP contribution in [0, 0.1) is 11.3 Å². The van der Waals surface area contributed by atoms with Gasteiger partial charge in [-0.15, -0.1) is 0 Å². The maximum Gasteiger partial charge on any atom is 0.230 e. The third kappa shape index (κ3) is 4.36. The Morgan fingerprint density at radius 2 is 2.26 bits per heavy atom. The topological polar surface area (TPSA) is 75.0 Å². The molecule has 120 valence electrons. The highest BCUT2D eigenvalue weighted by Gasteiger charge is 2.12. The van der Waals surface area contributed by atoms with Gasteiger partial charge in [-0.3, -0.25) is 4.79 Å². The molecule has 0 saturated carbocycles. The van der Waals surface area contributed by atoms with E-state index in [1.165, 1.54) is 11.8 Å². The summed E-state index contributed by atoms with van der Waals surface area (Å²) in [7, 11) is 1.60. The molecule has 0 fully saturated rings. The van der Waals surface area contributed by atoms with E-state index in [0.29, 0.717) is 10.6 Å². The van der Waals surface area contributed by atoms with Crippen molar-refractivity contribution in [2.75, 3.05) is 12.9 Å². The maximum atomic E-state index is 11.9. The van der Waals surface area contributed by atoms with Crippen LogP contribution in [0.2, 0.25) is 0 Å². The number of methoxy groups -OCH3 is 1. The molecule has 0 unspecified atom stereocenters. The van der Waals surface area contributed by atoms with Crippen molar-refractivity contribution in [2.24, 2.45) is 0 Å². The lowest BCUT2D eigenvalue weighted by atomic mass is 10.1. The predicted octanol–water partition coefficient (Wildman–Crippen LogP) is 3.12. The molecule has 1 N–H and O–H groups in total. The first-order chi connectivity index (χ1) is 11.1. The zero-order valence-corrected chi connectivity index (χ0v) is 14.2. The average molecular weight is 329 g/mol. The molecule has 1 heterocycles. The molecule has 1 aromatic heterocycles. The van der Waals surface area contributed by atoms with E-state index in [4.69, 9.17) is 4.74 Å². The van der Waals surface area contributed by atoms with Gasteiger partial charge in [0.1, 0.15) is 16.8 Å². The van der Waals surface area contributed by atoms with Crippen molar-refractivity contribution in [2.45, 2.75) is 31.3 Å². The number of nitrogens with zero attached hydrogens (tertiary/aromatic N) is 2. The normalized spacial score (nSPS) is 11.7. The van der Waals surface area contributed by atoms with Gasteiger partial charge in [0.15, 0.2) is 0 Å². The molecule has 6 heteroatoms. The summed E-state index contributed by atoms with van der Waals surface area (Å²) in [5.41, 5.74) is 1.24. The van der Waals surface area contributed by atoms with Gasteiger partial charge in [-0.2, -0.15) is 5.26 Å². The minimum Gasteiger partial charge on any atom is -0.497 e. The van der Waals surface area contributed by atoms with Crippen LogP contribution >= 0.6 is 11.8 Å². The Kier molecular flexibility index (Phi) is 5.83. The number of nitrogens with one attached hydrogen (secondary N) is 1. The summed E-state index contributed by atoms with van der Waals surface area (Å²) in [6.07, 6.45) is 0.885. The van der Waals surface area contributed by atoms with Gasteiger partial charge in [0, 0.05) is 11.4 Å². The second kappa shape index (κ2) is 7.84. The molecule has 1 atom stereocenters. The molecular weight excluding hydrogens is 310 g/mol. The van der Waals surface area contributed by atoms with Crippen LogP contribution in [-0.2, 0) is 4.79 Å². The first kappa shape index (κ1) is 17.1. The lowest BCUT2D eigenvalue weighted by Crippen LogP contribution is -2.33. The molecule has 0 saturated heterocycles. The number of hydrogen-bond acceptors (Lipinski definition) is 5. The Morgan fingerprint density at radius 1 is 1.48 bits per heavy atom. The third-order valence-corrected chi connectivity index (χ3v) is 4.46. The lowest BCUT2D eigenvalue weighted by Gasteiger charge is -2.11. The van der Waals surface area contributed by atoms with Gasteiger partial charge in [-0.1, -0.05) is 18.7 Å². The Morgan fingerprint density at radius 3 is 2.91 bits per heavy atom. The molecule has 5 nitrogen and oxygen atoms in total. The summed E-state index contributed by atoms with van der Waals surface area (Å²) in [6.45, 7) is 3.98. The molecule has 0 radical (unpaired) electrons. The first-order valence-corrected chi connectivity index (χ1v) is 8.37. The van der Waals surface area contributed by atoms with Crippen LogP contribution in [-0.4, -0.2) is 29.8 Å². The van der Waals surface area contributed by atoms with Gasteiger partial charge >= 0.3 is 0 Å². The van der Waals surface area contributed by atoms with Crippen LogP contribution in [0.5, 0.6) is 5.75 Å². The van der Waals surface area contributed by atoms with Crippen molar-refractivity contribution in [1.82, 2.24) is 10.3 Å². The fraction of sp³-hybridized carbons (Fsp3) is 0.353. The van der Waals surface area contributed by atoms with Crippen LogP contribution in [0.15, 0.2) is 29.3 Å². The molecule has 2 aromatic rings. The second-order valence-corrected chi connectivity index (χ2v) is 6.14. The number of ether oxygens (including phenoxy) is 1. The highest BCUT2D eigenvalue weighted by atomic mass is 32.2. The summed E-state index contributed by atoms with van der Waals surface area (Å²) in [5.74, 6) is 0.912. The van der Waals surface area contributed by atoms with E-state index in [1.807, 2.05) is 32.0 Å². The highest BCUT2D eigenvalue weighted by molar-refractivity contribution is 8.00. The van der Waals surface area contributed by atoms with E-state index in [1.54, 1.807) is 13.2 Å². The molecule has 1 aromatic carbocycles. The zero-order valence-electron chi connectivity index (χ0n) is 13.4. The van der Waals surface area contributed by atoms with Gasteiger partial charge in [0.25, 0.3) is 0 Å². The number of thioether (sulfide) groups is 1. The summed E-state index contributed by atoms with van der Waals surface area (Å²) in [5, 5.41) is 13.6. The molecule has 23 heavy (non-hydrogen) atoms. The number of fused-ring (bicyclic) bond motifs is 1. The van der Waals surface area contributed by atoms with E-state index in [-0.39, 0.29) is 17.7 Å². The van der Waals surface area contributed by atoms with Gasteiger partial charge in [-0.05, 0) is 37.6 Å². The average Bonchev–Trinajstić information content (AvgIpc) is 2.58. The van der Waals surface area contributed by atoms with Crippen LogP contribution in [0.25, 0.3) is 10.9 Å². The molecule has 0 spiro atoms. The molecule has 0 aliphatic carbocycles. The summed E-state index contributed by atoms with van der Waals surface area (Å²) < 4.78 is 5.18. The largest absolute Gasteiger partial charge is 0.497 e. The van der Waals surface area contributed by atoms with Gasteiger partial charge in [-0.25, -0.2) is 4.98 Å². The number of hydrogen-bond donors (Lipinski definition) is 1. The standard InChI is InChI=1S/C17H19N3O2S/c1-4-11(2)19-16(21)10-23-17-13(9-18)7-12-8-14(22-3)5-6-15(12)20-17/h5-8,11H,4,10H2,1-3H3,(H,19,21)/t11-/m1/s1. The molecule has 1 amide bonds. The van der Waals surface area contributed by atoms with Crippen LogP contribution in [0.3, 0.4) is 0 Å². The number of aromatic nitrogens is 1. The fourth-order valence-electron chi connectivity index (χ4n) is 2.01. The maximum absolute atomic E-state index is 11.9. The molecule has 0 aliphatic heterocycles. The van der Waals surface area contributed by atoms with E-state index >= 15 is 0 Å². The van der Waals surface area contributed by atoms with Gasteiger partial charge < -0.3 is 10.1 Å². The number of carbonyl (C=O) groups is 1. The van der Waals surface area contributed by atoms with E-state index in [2.05, 4.69) is 16.4 Å². The number of benzene rings is 1. The summed E-state index contributed by atoms with van der Waals surface area (Å²) in [4.78, 5) is 16.4. The smallest absolute Gasteiger partial charge is 0.230 e. The van der Waals surface area contributed by atoms with Crippen molar-refractivity contribution in [3.63, 3.8) is 0 Å². The second-order valence-electron chi connectivity index (χ2n) is 5.18.